The quantitative estimate of drug-likeness (QED) is 0.674. The molecule has 1 N–H and O–H groups in total. The number of nitrogens with one attached hydrogen (secondary N) is 1. The molecule has 0 saturated carbocycles. The monoisotopic (exact) mass is 195 g/mol. The molecule has 0 atom stereocenters. The van der Waals surface area contributed by atoms with Gasteiger partial charge in [0.15, 0.2) is 0 Å². The summed E-state index contributed by atoms with van der Waals surface area (Å²) < 4.78 is 4.89. The number of methoxy groups -OCH3 is 1. The van der Waals surface area contributed by atoms with Crippen LogP contribution in [-0.4, -0.2) is 26.2 Å². The minimum Gasteiger partial charge on any atom is -0.385 e. The van der Waals surface area contributed by atoms with Gasteiger partial charge in [-0.2, -0.15) is 0 Å². The zero-order valence-corrected chi connectivity index (χ0v) is 8.58. The number of hydrogen-bond acceptors (Lipinski definition) is 2. The molecule has 0 aromatic carbocycles. The minimum atomic E-state index is 0.0250. The summed E-state index contributed by atoms with van der Waals surface area (Å²) in [4.78, 5) is 11.5. The summed E-state index contributed by atoms with van der Waals surface area (Å²) in [6, 6.07) is 0. The second-order valence-electron chi connectivity index (χ2n) is 3.24. The van der Waals surface area contributed by atoms with E-state index >= 15 is 0 Å². The van der Waals surface area contributed by atoms with E-state index in [9.17, 15) is 4.79 Å². The van der Waals surface area contributed by atoms with Gasteiger partial charge in [0, 0.05) is 25.8 Å². The average Bonchev–Trinajstić information content (AvgIpc) is 2.25. The van der Waals surface area contributed by atoms with Crippen LogP contribution in [0.5, 0.6) is 0 Å². The highest BCUT2D eigenvalue weighted by Gasteiger charge is 2.06. The van der Waals surface area contributed by atoms with Gasteiger partial charge in [0.2, 0.25) is 0 Å². The minimum absolute atomic E-state index is 0.0250. The van der Waals surface area contributed by atoms with Crippen molar-refractivity contribution >= 4 is 5.91 Å². The third-order valence-electron chi connectivity index (χ3n) is 2.07. The standard InChI is InChI=1S/C11H17NO2/c1-14-9-5-8-12-11(13)10-6-3-2-4-7-10/h3,6-7H,2,4-5,8-9H2,1H3,(H,12,13). The molecule has 1 amide bonds. The smallest absolute Gasteiger partial charge is 0.250 e. The summed E-state index contributed by atoms with van der Waals surface area (Å²) in [5.74, 6) is 0.0250. The first kappa shape index (κ1) is 11.0. The number of carbonyl (C=O) groups is 1. The number of amides is 1. The van der Waals surface area contributed by atoms with Crippen LogP contribution in [0.25, 0.3) is 0 Å². The van der Waals surface area contributed by atoms with Crippen LogP contribution in [0.4, 0.5) is 0 Å². The second kappa shape index (κ2) is 6.38. The Hall–Kier alpha value is -1.09. The van der Waals surface area contributed by atoms with Gasteiger partial charge in [0.25, 0.3) is 5.91 Å². The van der Waals surface area contributed by atoms with Crippen molar-refractivity contribution < 1.29 is 9.53 Å². The maximum Gasteiger partial charge on any atom is 0.250 e. The van der Waals surface area contributed by atoms with Crippen molar-refractivity contribution in [3.05, 3.63) is 23.8 Å². The summed E-state index contributed by atoms with van der Waals surface area (Å²) in [6.45, 7) is 1.37. The van der Waals surface area contributed by atoms with E-state index in [1.807, 2.05) is 18.2 Å². The van der Waals surface area contributed by atoms with Crippen LogP contribution >= 0.6 is 0 Å². The van der Waals surface area contributed by atoms with E-state index in [0.29, 0.717) is 13.2 Å². The van der Waals surface area contributed by atoms with Gasteiger partial charge < -0.3 is 10.1 Å². The lowest BCUT2D eigenvalue weighted by Gasteiger charge is -2.07. The molecule has 78 valence electrons. The van der Waals surface area contributed by atoms with Crippen LogP contribution in [-0.2, 0) is 9.53 Å². The highest BCUT2D eigenvalue weighted by molar-refractivity contribution is 5.96. The van der Waals surface area contributed by atoms with E-state index in [-0.39, 0.29) is 5.91 Å². The van der Waals surface area contributed by atoms with Crippen LogP contribution in [0.2, 0.25) is 0 Å². The van der Waals surface area contributed by atoms with E-state index in [2.05, 4.69) is 5.32 Å². The Morgan fingerprint density at radius 2 is 2.43 bits per heavy atom. The fourth-order valence-corrected chi connectivity index (χ4v) is 1.30. The highest BCUT2D eigenvalue weighted by Crippen LogP contribution is 2.09. The third-order valence-corrected chi connectivity index (χ3v) is 2.07. The molecule has 0 aromatic rings. The van der Waals surface area contributed by atoms with Crippen molar-refractivity contribution in [3.63, 3.8) is 0 Å². The average molecular weight is 195 g/mol. The molecule has 0 spiro atoms. The molecule has 1 aliphatic rings. The van der Waals surface area contributed by atoms with E-state index in [1.165, 1.54) is 0 Å². The number of rotatable bonds is 5. The fraction of sp³-hybridized carbons (Fsp3) is 0.545. The molecule has 3 nitrogen and oxygen atoms in total. The predicted molar refractivity (Wildman–Crippen MR) is 56.0 cm³/mol. The van der Waals surface area contributed by atoms with Crippen molar-refractivity contribution in [2.45, 2.75) is 19.3 Å². The van der Waals surface area contributed by atoms with Gasteiger partial charge in [-0.25, -0.2) is 0 Å². The second-order valence-corrected chi connectivity index (χ2v) is 3.24. The molecule has 0 aromatic heterocycles. The summed E-state index contributed by atoms with van der Waals surface area (Å²) in [5, 5.41) is 2.85. The zero-order chi connectivity index (χ0) is 10.2. The van der Waals surface area contributed by atoms with E-state index in [1.54, 1.807) is 7.11 Å². The predicted octanol–water partition coefficient (Wildman–Crippen LogP) is 1.42. The lowest BCUT2D eigenvalue weighted by Crippen LogP contribution is -2.26. The lowest BCUT2D eigenvalue weighted by molar-refractivity contribution is -0.117. The molecule has 1 rings (SSSR count). The lowest BCUT2D eigenvalue weighted by atomic mass is 10.1. The van der Waals surface area contributed by atoms with Crippen LogP contribution in [0, 0.1) is 0 Å². The van der Waals surface area contributed by atoms with Gasteiger partial charge in [-0.1, -0.05) is 18.2 Å². The topological polar surface area (TPSA) is 38.3 Å². The molecule has 0 fully saturated rings. The van der Waals surface area contributed by atoms with Crippen LogP contribution in [0.3, 0.4) is 0 Å². The van der Waals surface area contributed by atoms with Gasteiger partial charge in [0.1, 0.15) is 0 Å². The summed E-state index contributed by atoms with van der Waals surface area (Å²) in [5.41, 5.74) is 0.786. The van der Waals surface area contributed by atoms with Crippen LogP contribution in [0.15, 0.2) is 23.8 Å². The maximum atomic E-state index is 11.5. The maximum absolute atomic E-state index is 11.5. The Morgan fingerprint density at radius 1 is 1.57 bits per heavy atom. The third kappa shape index (κ3) is 3.75. The van der Waals surface area contributed by atoms with Gasteiger partial charge in [-0.05, 0) is 19.3 Å². The van der Waals surface area contributed by atoms with Crippen LogP contribution < -0.4 is 5.32 Å². The van der Waals surface area contributed by atoms with E-state index in [4.69, 9.17) is 4.74 Å². The Labute approximate surface area is 84.8 Å². The molecule has 0 bridgehead atoms. The molecule has 0 saturated heterocycles. The molecular formula is C11H17NO2. The Morgan fingerprint density at radius 3 is 3.07 bits per heavy atom. The SMILES string of the molecule is COCCCNC(=O)C1=CCCC=C1. The Bertz CT molecular complexity index is 244. The summed E-state index contributed by atoms with van der Waals surface area (Å²) in [6.07, 6.45) is 8.77. The number of carbonyl (C=O) groups excluding carboxylic acids is 1. The van der Waals surface area contributed by atoms with Crippen molar-refractivity contribution in [2.24, 2.45) is 0 Å². The normalized spacial score (nSPS) is 15.1. The van der Waals surface area contributed by atoms with Crippen molar-refractivity contribution in [1.82, 2.24) is 5.32 Å². The Balaban J connectivity index is 2.21. The number of ether oxygens (including phenoxy) is 1. The number of hydrogen-bond donors (Lipinski definition) is 1. The van der Waals surface area contributed by atoms with Crippen LogP contribution in [0.1, 0.15) is 19.3 Å². The largest absolute Gasteiger partial charge is 0.385 e. The number of allylic oxidation sites excluding steroid dienone is 2. The molecule has 3 heteroatoms. The van der Waals surface area contributed by atoms with Crippen molar-refractivity contribution in [1.29, 1.82) is 0 Å². The van der Waals surface area contributed by atoms with E-state index in [0.717, 1.165) is 24.8 Å². The molecule has 0 radical (unpaired) electrons. The van der Waals surface area contributed by atoms with Crippen molar-refractivity contribution in [2.75, 3.05) is 20.3 Å². The van der Waals surface area contributed by atoms with Crippen molar-refractivity contribution in [3.8, 4) is 0 Å². The van der Waals surface area contributed by atoms with Gasteiger partial charge >= 0.3 is 0 Å². The first-order valence-electron chi connectivity index (χ1n) is 4.98. The molecule has 0 heterocycles. The summed E-state index contributed by atoms with van der Waals surface area (Å²) >= 11 is 0. The molecular weight excluding hydrogens is 178 g/mol. The van der Waals surface area contributed by atoms with Gasteiger partial charge in [-0.3, -0.25) is 4.79 Å². The molecule has 1 aliphatic carbocycles. The highest BCUT2D eigenvalue weighted by atomic mass is 16.5. The molecule has 0 aliphatic heterocycles. The first-order valence-corrected chi connectivity index (χ1v) is 4.98. The zero-order valence-electron chi connectivity index (χ0n) is 8.58. The molecule has 0 unspecified atom stereocenters. The first-order chi connectivity index (χ1) is 6.84. The van der Waals surface area contributed by atoms with Gasteiger partial charge in [-0.15, -0.1) is 0 Å². The Kier molecular flexibility index (Phi) is 5.00. The fourth-order valence-electron chi connectivity index (χ4n) is 1.30. The van der Waals surface area contributed by atoms with Gasteiger partial charge in [0.05, 0.1) is 0 Å². The molecule has 14 heavy (non-hydrogen) atoms. The summed E-state index contributed by atoms with van der Waals surface area (Å²) in [7, 11) is 1.66. The van der Waals surface area contributed by atoms with E-state index < -0.39 is 0 Å².